The predicted molar refractivity (Wildman–Crippen MR) is 122 cm³/mol. The number of aromatic hydroxyl groups is 1. The van der Waals surface area contributed by atoms with E-state index in [1.54, 1.807) is 18.2 Å². The zero-order valence-corrected chi connectivity index (χ0v) is 19.1. The molecule has 0 aliphatic heterocycles. The van der Waals surface area contributed by atoms with E-state index < -0.39 is 15.8 Å². The van der Waals surface area contributed by atoms with Gasteiger partial charge in [0.2, 0.25) is 9.84 Å². The van der Waals surface area contributed by atoms with Crippen molar-refractivity contribution in [1.29, 1.82) is 0 Å². The summed E-state index contributed by atoms with van der Waals surface area (Å²) < 4.78 is 31.9. The normalized spacial score (nSPS) is 11.2. The summed E-state index contributed by atoms with van der Waals surface area (Å²) >= 11 is 0. The van der Waals surface area contributed by atoms with Crippen LogP contribution in [0.5, 0.6) is 11.5 Å². The number of benzene rings is 3. The lowest BCUT2D eigenvalue weighted by atomic mass is 10.0. The summed E-state index contributed by atoms with van der Waals surface area (Å²) in [6.45, 7) is 3.36. The van der Waals surface area contributed by atoms with Crippen LogP contribution >= 0.6 is 0 Å². The third-order valence-corrected chi connectivity index (χ3v) is 6.86. The molecular formula is C25H24O7S. The molecule has 0 radical (unpaired) electrons. The first-order valence-electron chi connectivity index (χ1n) is 10.3. The average Bonchev–Trinajstić information content (AvgIpc) is 2.79. The van der Waals surface area contributed by atoms with E-state index in [0.717, 1.165) is 12.5 Å². The van der Waals surface area contributed by atoms with E-state index in [1.807, 2.05) is 6.92 Å². The fourth-order valence-corrected chi connectivity index (χ4v) is 4.80. The highest BCUT2D eigenvalue weighted by Crippen LogP contribution is 2.33. The molecule has 0 saturated heterocycles. The first-order valence-corrected chi connectivity index (χ1v) is 11.8. The molecule has 172 valence electrons. The number of sulfone groups is 1. The molecule has 0 bridgehead atoms. The molecule has 0 spiro atoms. The predicted octanol–water partition coefficient (Wildman–Crippen LogP) is 4.66. The van der Waals surface area contributed by atoms with Crippen LogP contribution in [0.2, 0.25) is 0 Å². The molecule has 3 rings (SSSR count). The fourth-order valence-electron chi connectivity index (χ4n) is 3.42. The van der Waals surface area contributed by atoms with Crippen molar-refractivity contribution in [3.63, 3.8) is 0 Å². The van der Waals surface area contributed by atoms with E-state index in [2.05, 4.69) is 0 Å². The summed E-state index contributed by atoms with van der Waals surface area (Å²) in [5.41, 5.74) is 1.21. The molecule has 0 aliphatic rings. The number of carboxylic acid groups (broad SMARTS) is 1. The second kappa shape index (κ2) is 9.87. The van der Waals surface area contributed by atoms with Gasteiger partial charge in [-0.15, -0.1) is 0 Å². The minimum absolute atomic E-state index is 0.00898. The maximum absolute atomic E-state index is 13.0. The number of Topliss-reactive ketones (excluding diaryl/α,β-unsaturated/α-hetero) is 1. The number of phenolic OH excluding ortho intramolecular Hbond substituents is 1. The minimum atomic E-state index is -3.94. The van der Waals surface area contributed by atoms with Gasteiger partial charge in [-0.2, -0.15) is 0 Å². The van der Waals surface area contributed by atoms with Crippen molar-refractivity contribution in [2.45, 2.75) is 43.1 Å². The fraction of sp³-hybridized carbons (Fsp3) is 0.200. The van der Waals surface area contributed by atoms with E-state index in [9.17, 15) is 23.1 Å². The van der Waals surface area contributed by atoms with Gasteiger partial charge in [0.15, 0.2) is 5.78 Å². The zero-order valence-electron chi connectivity index (χ0n) is 18.2. The van der Waals surface area contributed by atoms with Crippen molar-refractivity contribution in [2.24, 2.45) is 0 Å². The molecule has 8 heteroatoms. The van der Waals surface area contributed by atoms with Crippen LogP contribution in [0.25, 0.3) is 0 Å². The Kier molecular flexibility index (Phi) is 7.18. The SMILES string of the molecule is CCCc1c(OCc2cccc(S(=O)(=O)c3cccc(C(=O)O)c3)c2)ccc(C(C)=O)c1O. The van der Waals surface area contributed by atoms with Gasteiger partial charge in [-0.1, -0.05) is 31.5 Å². The standard InChI is InChI=1S/C25H24O7S/c1-3-6-22-23(12-11-21(16(2)26)24(22)27)32-15-17-7-4-9-19(13-17)33(30,31)20-10-5-8-18(14-20)25(28)29/h4-5,7-14,27H,3,6,15H2,1-2H3,(H,28,29). The molecular weight excluding hydrogens is 444 g/mol. The lowest BCUT2D eigenvalue weighted by molar-refractivity contribution is 0.0696. The van der Waals surface area contributed by atoms with Crippen LogP contribution in [-0.4, -0.2) is 30.4 Å². The van der Waals surface area contributed by atoms with Crippen LogP contribution in [0.3, 0.4) is 0 Å². The monoisotopic (exact) mass is 468 g/mol. The molecule has 7 nitrogen and oxygen atoms in total. The Labute approximate surface area is 192 Å². The first kappa shape index (κ1) is 24.0. The molecule has 0 unspecified atom stereocenters. The topological polar surface area (TPSA) is 118 Å². The van der Waals surface area contributed by atoms with Crippen molar-refractivity contribution < 1.29 is 33.0 Å². The molecule has 0 amide bonds. The second-order valence-corrected chi connectivity index (χ2v) is 9.47. The molecule has 0 atom stereocenters. The Morgan fingerprint density at radius 2 is 1.64 bits per heavy atom. The lowest BCUT2D eigenvalue weighted by Crippen LogP contribution is -2.06. The highest BCUT2D eigenvalue weighted by molar-refractivity contribution is 7.91. The Bertz CT molecular complexity index is 1310. The molecule has 33 heavy (non-hydrogen) atoms. The zero-order chi connectivity index (χ0) is 24.2. The van der Waals surface area contributed by atoms with Crippen molar-refractivity contribution in [3.8, 4) is 11.5 Å². The van der Waals surface area contributed by atoms with Gasteiger partial charge in [0.1, 0.15) is 18.1 Å². The largest absolute Gasteiger partial charge is 0.507 e. The maximum atomic E-state index is 13.0. The van der Waals surface area contributed by atoms with Crippen molar-refractivity contribution in [2.75, 3.05) is 0 Å². The highest BCUT2D eigenvalue weighted by Gasteiger charge is 2.20. The molecule has 0 heterocycles. The third-order valence-electron chi connectivity index (χ3n) is 5.11. The van der Waals surface area contributed by atoms with Crippen LogP contribution < -0.4 is 4.74 Å². The number of rotatable bonds is 9. The number of ether oxygens (including phenoxy) is 1. The number of aromatic carboxylic acids is 1. The molecule has 0 saturated carbocycles. The Morgan fingerprint density at radius 3 is 2.27 bits per heavy atom. The summed E-state index contributed by atoms with van der Waals surface area (Å²) in [5, 5.41) is 19.6. The number of carboxylic acids is 1. The minimum Gasteiger partial charge on any atom is -0.507 e. The summed E-state index contributed by atoms with van der Waals surface area (Å²) in [7, 11) is -3.94. The number of phenols is 1. The van der Waals surface area contributed by atoms with Crippen LogP contribution in [0.4, 0.5) is 0 Å². The number of ketones is 1. The van der Waals surface area contributed by atoms with Gasteiger partial charge in [-0.25, -0.2) is 13.2 Å². The van der Waals surface area contributed by atoms with Gasteiger partial charge in [0.05, 0.1) is 20.9 Å². The van der Waals surface area contributed by atoms with Gasteiger partial charge in [-0.3, -0.25) is 4.79 Å². The van der Waals surface area contributed by atoms with Gasteiger partial charge < -0.3 is 14.9 Å². The van der Waals surface area contributed by atoms with E-state index in [0.29, 0.717) is 23.3 Å². The van der Waals surface area contributed by atoms with E-state index >= 15 is 0 Å². The van der Waals surface area contributed by atoms with Crippen LogP contribution in [-0.2, 0) is 22.9 Å². The second-order valence-electron chi connectivity index (χ2n) is 7.52. The summed E-state index contributed by atoms with van der Waals surface area (Å²) in [4.78, 5) is 22.8. The summed E-state index contributed by atoms with van der Waals surface area (Å²) in [5.74, 6) is -1.14. The van der Waals surface area contributed by atoms with E-state index in [1.165, 1.54) is 43.3 Å². The number of carbonyl (C=O) groups is 2. The Morgan fingerprint density at radius 1 is 0.970 bits per heavy atom. The summed E-state index contributed by atoms with van der Waals surface area (Å²) in [6, 6.07) is 14.5. The van der Waals surface area contributed by atoms with E-state index in [4.69, 9.17) is 9.84 Å². The Balaban J connectivity index is 1.88. The summed E-state index contributed by atoms with van der Waals surface area (Å²) in [6.07, 6.45) is 1.24. The van der Waals surface area contributed by atoms with Gasteiger partial charge in [0, 0.05) is 5.56 Å². The average molecular weight is 469 g/mol. The van der Waals surface area contributed by atoms with Gasteiger partial charge in [0.25, 0.3) is 0 Å². The number of hydrogen-bond donors (Lipinski definition) is 2. The van der Waals surface area contributed by atoms with Crippen LogP contribution in [0.15, 0.2) is 70.5 Å². The van der Waals surface area contributed by atoms with Crippen molar-refractivity contribution in [1.82, 2.24) is 0 Å². The third kappa shape index (κ3) is 5.23. The molecule has 0 fully saturated rings. The van der Waals surface area contributed by atoms with Crippen molar-refractivity contribution in [3.05, 3.63) is 82.9 Å². The smallest absolute Gasteiger partial charge is 0.335 e. The van der Waals surface area contributed by atoms with Crippen LogP contribution in [0, 0.1) is 0 Å². The highest BCUT2D eigenvalue weighted by atomic mass is 32.2. The van der Waals surface area contributed by atoms with E-state index in [-0.39, 0.29) is 39.1 Å². The molecule has 0 aliphatic carbocycles. The maximum Gasteiger partial charge on any atom is 0.335 e. The van der Waals surface area contributed by atoms with Gasteiger partial charge >= 0.3 is 5.97 Å². The molecule has 0 aromatic heterocycles. The molecule has 3 aromatic carbocycles. The number of hydrogen-bond acceptors (Lipinski definition) is 6. The lowest BCUT2D eigenvalue weighted by Gasteiger charge is -2.15. The quantitative estimate of drug-likeness (QED) is 0.439. The van der Waals surface area contributed by atoms with Crippen molar-refractivity contribution >= 4 is 21.6 Å². The first-order chi connectivity index (χ1) is 15.6. The number of carbonyl (C=O) groups excluding carboxylic acids is 1. The van der Waals surface area contributed by atoms with Gasteiger partial charge in [-0.05, 0) is 61.4 Å². The molecule has 3 aromatic rings. The Hall–Kier alpha value is -3.65. The molecule has 2 N–H and O–H groups in total. The van der Waals surface area contributed by atoms with Crippen LogP contribution in [0.1, 0.15) is 52.1 Å².